The number of nitrogens with one attached hydrogen (secondary N) is 1. The third-order valence-corrected chi connectivity index (χ3v) is 5.49. The lowest BCUT2D eigenvalue weighted by Crippen LogP contribution is -2.57. The molecule has 4 nitrogen and oxygen atoms in total. The second-order valence-electron chi connectivity index (χ2n) is 5.07. The number of amides is 1. The summed E-state index contributed by atoms with van der Waals surface area (Å²) in [5, 5.41) is 2.35. The molecule has 0 saturated heterocycles. The average Bonchev–Trinajstić information content (AvgIpc) is 2.00. The Balaban J connectivity index is 5.00. The zero-order valence-electron chi connectivity index (χ0n) is 10.6. The van der Waals surface area contributed by atoms with Gasteiger partial charge in [0, 0.05) is 6.26 Å². The van der Waals surface area contributed by atoms with Gasteiger partial charge in [-0.1, -0.05) is 0 Å². The summed E-state index contributed by atoms with van der Waals surface area (Å²) >= 11 is 5.91. The van der Waals surface area contributed by atoms with E-state index in [1.54, 1.807) is 20.8 Å². The summed E-state index contributed by atoms with van der Waals surface area (Å²) in [7, 11) is -3.45. The van der Waals surface area contributed by atoms with Gasteiger partial charge in [-0.3, -0.25) is 4.79 Å². The maximum Gasteiger partial charge on any atom is 0.241 e. The zero-order chi connectivity index (χ0) is 13.4. The van der Waals surface area contributed by atoms with Crippen molar-refractivity contribution in [3.05, 3.63) is 0 Å². The third-order valence-electron chi connectivity index (χ3n) is 2.90. The summed E-state index contributed by atoms with van der Waals surface area (Å²) in [6.07, 6.45) is 1.05. The predicted molar refractivity (Wildman–Crippen MR) is 66.5 cm³/mol. The van der Waals surface area contributed by atoms with Crippen molar-refractivity contribution in [3.63, 3.8) is 0 Å². The maximum absolute atomic E-state index is 11.9. The molecule has 0 aromatic carbocycles. The van der Waals surface area contributed by atoms with Crippen LogP contribution in [0.1, 0.15) is 34.6 Å². The highest BCUT2D eigenvalue weighted by Crippen LogP contribution is 2.20. The van der Waals surface area contributed by atoms with E-state index in [9.17, 15) is 13.2 Å². The van der Waals surface area contributed by atoms with E-state index < -0.39 is 26.0 Å². The standard InChI is InChI=1S/C10H20ClNO3S/c1-7(11)9(2,3)12-8(13)10(4,5)16(6,14)15/h7H,1-6H3,(H,12,13). The molecule has 6 heteroatoms. The van der Waals surface area contributed by atoms with Crippen molar-refractivity contribution < 1.29 is 13.2 Å². The molecule has 0 radical (unpaired) electrons. The minimum atomic E-state index is -3.45. The highest BCUT2D eigenvalue weighted by atomic mass is 35.5. The van der Waals surface area contributed by atoms with Gasteiger partial charge in [0.15, 0.2) is 9.84 Å². The van der Waals surface area contributed by atoms with Gasteiger partial charge in [-0.15, -0.1) is 11.6 Å². The van der Waals surface area contributed by atoms with Gasteiger partial charge in [0.1, 0.15) is 4.75 Å². The minimum Gasteiger partial charge on any atom is -0.348 e. The lowest BCUT2D eigenvalue weighted by molar-refractivity contribution is -0.124. The fourth-order valence-electron chi connectivity index (χ4n) is 0.711. The first-order chi connectivity index (χ1) is 6.82. The monoisotopic (exact) mass is 269 g/mol. The number of alkyl halides is 1. The molecule has 0 aromatic rings. The van der Waals surface area contributed by atoms with Crippen LogP contribution in [0.2, 0.25) is 0 Å². The number of rotatable bonds is 4. The Hall–Kier alpha value is -0.290. The fraction of sp³-hybridized carbons (Fsp3) is 0.900. The van der Waals surface area contributed by atoms with E-state index in [1.165, 1.54) is 13.8 Å². The number of hydrogen-bond acceptors (Lipinski definition) is 3. The van der Waals surface area contributed by atoms with Gasteiger partial charge in [-0.2, -0.15) is 0 Å². The largest absolute Gasteiger partial charge is 0.348 e. The molecule has 0 saturated carbocycles. The maximum atomic E-state index is 11.9. The molecular formula is C10H20ClNO3S. The normalized spacial score (nSPS) is 15.7. The lowest BCUT2D eigenvalue weighted by Gasteiger charge is -2.33. The van der Waals surface area contributed by atoms with Crippen LogP contribution >= 0.6 is 11.6 Å². The van der Waals surface area contributed by atoms with Crippen LogP contribution in [0.15, 0.2) is 0 Å². The van der Waals surface area contributed by atoms with E-state index in [2.05, 4.69) is 5.32 Å². The minimum absolute atomic E-state index is 0.299. The van der Waals surface area contributed by atoms with Crippen LogP contribution in [0.25, 0.3) is 0 Å². The van der Waals surface area contributed by atoms with Crippen molar-refractivity contribution >= 4 is 27.3 Å². The highest BCUT2D eigenvalue weighted by Gasteiger charge is 2.41. The van der Waals surface area contributed by atoms with Crippen molar-refractivity contribution in [2.45, 2.75) is 50.3 Å². The molecule has 1 atom stereocenters. The average molecular weight is 270 g/mol. The Morgan fingerprint density at radius 2 is 1.62 bits per heavy atom. The number of sulfone groups is 1. The lowest BCUT2D eigenvalue weighted by atomic mass is 10.00. The van der Waals surface area contributed by atoms with Crippen molar-refractivity contribution in [1.29, 1.82) is 0 Å². The Morgan fingerprint density at radius 3 is 1.88 bits per heavy atom. The van der Waals surface area contributed by atoms with E-state index in [0.717, 1.165) is 6.26 Å². The van der Waals surface area contributed by atoms with Crippen LogP contribution in [0, 0.1) is 0 Å². The Kier molecular flexibility index (Phi) is 4.45. The van der Waals surface area contributed by atoms with E-state index in [1.807, 2.05) is 0 Å². The third kappa shape index (κ3) is 3.35. The van der Waals surface area contributed by atoms with E-state index >= 15 is 0 Å². The van der Waals surface area contributed by atoms with Gasteiger partial charge < -0.3 is 5.32 Å². The van der Waals surface area contributed by atoms with E-state index in [-0.39, 0.29) is 5.38 Å². The molecule has 0 aliphatic rings. The predicted octanol–water partition coefficient (Wildman–Crippen LogP) is 1.33. The SMILES string of the molecule is CC(Cl)C(C)(C)NC(=O)C(C)(C)S(C)(=O)=O. The number of carbonyl (C=O) groups excluding carboxylic acids is 1. The van der Waals surface area contributed by atoms with Gasteiger partial charge >= 0.3 is 0 Å². The Morgan fingerprint density at radius 1 is 1.25 bits per heavy atom. The summed E-state index contributed by atoms with van der Waals surface area (Å²) in [5.74, 6) is -0.535. The Bertz CT molecular complexity index is 372. The van der Waals surface area contributed by atoms with Gasteiger partial charge in [0.05, 0.1) is 10.9 Å². The number of halogens is 1. The molecule has 1 N–H and O–H groups in total. The molecule has 96 valence electrons. The van der Waals surface area contributed by atoms with Crippen molar-refractivity contribution in [2.24, 2.45) is 0 Å². The first-order valence-corrected chi connectivity index (χ1v) is 7.31. The van der Waals surface area contributed by atoms with Gasteiger partial charge in [-0.25, -0.2) is 8.42 Å². The highest BCUT2D eigenvalue weighted by molar-refractivity contribution is 7.92. The van der Waals surface area contributed by atoms with Crippen molar-refractivity contribution in [2.75, 3.05) is 6.26 Å². The van der Waals surface area contributed by atoms with Gasteiger partial charge in [0.2, 0.25) is 5.91 Å². The fourth-order valence-corrected chi connectivity index (χ4v) is 1.15. The molecule has 0 rings (SSSR count). The van der Waals surface area contributed by atoms with E-state index in [4.69, 9.17) is 11.6 Å². The summed E-state index contributed by atoms with van der Waals surface area (Å²) < 4.78 is 21.5. The molecule has 0 bridgehead atoms. The summed E-state index contributed by atoms with van der Waals surface area (Å²) in [5.41, 5.74) is -0.652. The van der Waals surface area contributed by atoms with Gasteiger partial charge in [0.25, 0.3) is 0 Å². The van der Waals surface area contributed by atoms with Crippen LogP contribution in [0.5, 0.6) is 0 Å². The topological polar surface area (TPSA) is 63.2 Å². The molecule has 0 spiro atoms. The van der Waals surface area contributed by atoms with Crippen molar-refractivity contribution in [1.82, 2.24) is 5.32 Å². The summed E-state index contributed by atoms with van der Waals surface area (Å²) in [6, 6.07) is 0. The van der Waals surface area contributed by atoms with E-state index in [0.29, 0.717) is 0 Å². The first kappa shape index (κ1) is 15.7. The molecule has 0 aromatic heterocycles. The second kappa shape index (κ2) is 4.53. The van der Waals surface area contributed by atoms with Crippen LogP contribution in [0.3, 0.4) is 0 Å². The van der Waals surface area contributed by atoms with Crippen LogP contribution in [-0.4, -0.2) is 36.2 Å². The molecule has 1 amide bonds. The van der Waals surface area contributed by atoms with Crippen molar-refractivity contribution in [3.8, 4) is 0 Å². The number of carbonyl (C=O) groups is 1. The molecule has 0 heterocycles. The van der Waals surface area contributed by atoms with Crippen LogP contribution in [0.4, 0.5) is 0 Å². The molecule has 1 unspecified atom stereocenters. The van der Waals surface area contributed by atoms with Gasteiger partial charge in [-0.05, 0) is 34.6 Å². The Labute approximate surface area is 103 Å². The quantitative estimate of drug-likeness (QED) is 0.783. The summed E-state index contributed by atoms with van der Waals surface area (Å²) in [4.78, 5) is 11.9. The molecule has 0 aliphatic carbocycles. The van der Waals surface area contributed by atoms with Crippen LogP contribution in [-0.2, 0) is 14.6 Å². The van der Waals surface area contributed by atoms with Crippen LogP contribution < -0.4 is 5.32 Å². The smallest absolute Gasteiger partial charge is 0.241 e. The second-order valence-corrected chi connectivity index (χ2v) is 8.29. The molecule has 16 heavy (non-hydrogen) atoms. The zero-order valence-corrected chi connectivity index (χ0v) is 12.2. The molecular weight excluding hydrogens is 250 g/mol. The molecule has 0 aliphatic heterocycles. The number of hydrogen-bond donors (Lipinski definition) is 1. The summed E-state index contributed by atoms with van der Waals surface area (Å²) in [6.45, 7) is 8.01. The first-order valence-electron chi connectivity index (χ1n) is 4.98. The molecule has 0 fully saturated rings.